The molecule has 4 atom stereocenters. The van der Waals surface area contributed by atoms with Crippen molar-refractivity contribution in [3.8, 4) is 12.4 Å². The van der Waals surface area contributed by atoms with Gasteiger partial charge in [0.2, 0.25) is 12.4 Å². The van der Waals surface area contributed by atoms with Gasteiger partial charge in [-0.1, -0.05) is 30.3 Å². The Morgan fingerprint density at radius 2 is 1.50 bits per heavy atom. The molecule has 4 unspecified atom stereocenters. The maximum Gasteiger partial charge on any atom is 0.433 e. The number of hydrogen-bond acceptors (Lipinski definition) is 7. The van der Waals surface area contributed by atoms with Crippen LogP contribution in [0, 0.1) is 22.9 Å². The van der Waals surface area contributed by atoms with Gasteiger partial charge in [0.25, 0.3) is 0 Å². The molecule has 0 radical (unpaired) electrons. The van der Waals surface area contributed by atoms with Gasteiger partial charge in [0.15, 0.2) is 0 Å². The number of aromatic nitrogens is 2. The van der Waals surface area contributed by atoms with Gasteiger partial charge in [-0.15, -0.1) is 4.36 Å². The SMILES string of the molecule is C.N#CN=S1(=O)CCCC1c1ccc(C(F)(F)F)nc1.N#CN=S1CCCC1c1ccc(C(F)(F)F)nc1.[2HH]. The standard InChI is InChI=1S/C11H10F3N3OS.C11H10F3N3S.CH4.H2/c12-11(13,14)10-4-3-8(6-16-10)9-2-1-5-19(9,18)17-7-15;12-11(13,14)10-4-3-8(6-16-10)9-2-1-5-18(9)17-7-15;;/h3-4,6,9H,1-2,5H2;3-4,6,9H,1-2,5H2;1H4;1H/i;;;1+1. The lowest BCUT2D eigenvalue weighted by Gasteiger charge is -2.13. The first-order valence-electron chi connectivity index (χ1n) is 10.9. The third-order valence-electron chi connectivity index (χ3n) is 5.75. The van der Waals surface area contributed by atoms with E-state index >= 15 is 0 Å². The summed E-state index contributed by atoms with van der Waals surface area (Å²) in [5, 5.41) is 16.6. The first-order chi connectivity index (χ1) is 17.4. The highest BCUT2D eigenvalue weighted by atomic mass is 32.2. The fraction of sp³-hybridized carbons (Fsp3) is 0.478. The molecular weight excluding hydrogens is 554 g/mol. The quantitative estimate of drug-likeness (QED) is 0.280. The molecule has 2 aromatic rings. The van der Waals surface area contributed by atoms with Crippen LogP contribution in [0.1, 0.15) is 67.6 Å². The third kappa shape index (κ3) is 7.51. The van der Waals surface area contributed by atoms with Gasteiger partial charge in [-0.2, -0.15) is 41.2 Å². The molecule has 7 nitrogen and oxygen atoms in total. The van der Waals surface area contributed by atoms with Crippen LogP contribution in [0.5, 0.6) is 0 Å². The number of pyridine rings is 2. The Morgan fingerprint density at radius 3 is 1.97 bits per heavy atom. The predicted molar refractivity (Wildman–Crippen MR) is 133 cm³/mol. The van der Waals surface area contributed by atoms with Gasteiger partial charge >= 0.3 is 12.4 Å². The van der Waals surface area contributed by atoms with Gasteiger partial charge in [0.05, 0.1) is 15.0 Å². The summed E-state index contributed by atoms with van der Waals surface area (Å²) < 4.78 is 93.9. The molecule has 2 aliphatic rings. The summed E-state index contributed by atoms with van der Waals surface area (Å²) in [4.78, 5) is 6.79. The van der Waals surface area contributed by atoms with Crippen molar-refractivity contribution in [3.05, 3.63) is 59.2 Å². The molecule has 0 N–H and O–H groups in total. The number of halogens is 6. The highest BCUT2D eigenvalue weighted by molar-refractivity contribution is 7.94. The predicted octanol–water partition coefficient (Wildman–Crippen LogP) is 6.98. The Balaban J connectivity index is 0.000000371. The minimum Gasteiger partial charge on any atom is -0.251 e. The molecule has 4 heterocycles. The number of rotatable bonds is 2. The van der Waals surface area contributed by atoms with E-state index in [1.807, 2.05) is 0 Å². The van der Waals surface area contributed by atoms with Gasteiger partial charge in [-0.3, -0.25) is 9.97 Å². The van der Waals surface area contributed by atoms with Gasteiger partial charge in [0.1, 0.15) is 11.4 Å². The highest BCUT2D eigenvalue weighted by Crippen LogP contribution is 2.37. The van der Waals surface area contributed by atoms with E-state index in [4.69, 9.17) is 10.5 Å². The Morgan fingerprint density at radius 1 is 0.921 bits per heavy atom. The lowest BCUT2D eigenvalue weighted by molar-refractivity contribution is -0.142. The largest absolute Gasteiger partial charge is 0.433 e. The van der Waals surface area contributed by atoms with E-state index in [2.05, 4.69) is 18.7 Å². The molecular formula is C23H26F6N6OS2. The first kappa shape index (κ1) is 31.2. The topological polar surface area (TPSA) is 115 Å². The van der Waals surface area contributed by atoms with Crippen LogP contribution in [-0.2, 0) is 32.8 Å². The summed E-state index contributed by atoms with van der Waals surface area (Å²) in [7, 11) is -3.10. The zero-order valence-electron chi connectivity index (χ0n) is 19.0. The second kappa shape index (κ2) is 12.7. The van der Waals surface area contributed by atoms with Gasteiger partial charge in [-0.05, 0) is 48.9 Å². The molecule has 2 aliphatic heterocycles. The van der Waals surface area contributed by atoms with Crippen molar-refractivity contribution in [3.63, 3.8) is 0 Å². The Hall–Kier alpha value is -3.04. The van der Waals surface area contributed by atoms with Gasteiger partial charge in [-0.25, -0.2) is 4.21 Å². The van der Waals surface area contributed by atoms with Crippen molar-refractivity contribution in [1.82, 2.24) is 9.97 Å². The Bertz CT molecular complexity index is 1340. The van der Waals surface area contributed by atoms with E-state index in [9.17, 15) is 30.6 Å². The molecule has 38 heavy (non-hydrogen) atoms. The Kier molecular flexibility index (Phi) is 10.4. The summed E-state index contributed by atoms with van der Waals surface area (Å²) in [5.41, 5.74) is -0.698. The summed E-state index contributed by atoms with van der Waals surface area (Å²) in [6.45, 7) is 0. The van der Waals surface area contributed by atoms with Crippen molar-refractivity contribution < 1.29 is 32.0 Å². The summed E-state index contributed by atoms with van der Waals surface area (Å²) >= 11 is 0. The molecule has 0 saturated carbocycles. The van der Waals surface area contributed by atoms with Crippen molar-refractivity contribution in [2.24, 2.45) is 8.73 Å². The third-order valence-corrected chi connectivity index (χ3v) is 10.6. The summed E-state index contributed by atoms with van der Waals surface area (Å²) in [5.74, 6) is 1.13. The van der Waals surface area contributed by atoms with Crippen LogP contribution in [0.4, 0.5) is 26.3 Å². The molecule has 2 saturated heterocycles. The molecule has 2 aromatic heterocycles. The normalized spacial score (nSPS) is 24.9. The zero-order valence-corrected chi connectivity index (χ0v) is 20.7. The van der Waals surface area contributed by atoms with E-state index in [-0.39, 0.29) is 14.1 Å². The van der Waals surface area contributed by atoms with E-state index in [0.29, 0.717) is 24.2 Å². The molecule has 0 bridgehead atoms. The van der Waals surface area contributed by atoms with Crippen molar-refractivity contribution >= 4 is 20.4 Å². The molecule has 0 spiro atoms. The molecule has 208 valence electrons. The van der Waals surface area contributed by atoms with Crippen molar-refractivity contribution in [1.29, 1.82) is 10.5 Å². The van der Waals surface area contributed by atoms with Crippen LogP contribution >= 0.6 is 0 Å². The second-order valence-corrected chi connectivity index (χ2v) is 12.6. The van der Waals surface area contributed by atoms with Crippen LogP contribution in [0.3, 0.4) is 0 Å². The highest BCUT2D eigenvalue weighted by Gasteiger charge is 2.35. The van der Waals surface area contributed by atoms with Crippen LogP contribution in [-0.4, -0.2) is 25.7 Å². The number of hydrogen-bond donors (Lipinski definition) is 0. The van der Waals surface area contributed by atoms with Crippen LogP contribution in [0.25, 0.3) is 0 Å². The zero-order chi connectivity index (χ0) is 27.3. The molecule has 2 fully saturated rings. The second-order valence-electron chi connectivity index (χ2n) is 8.09. The van der Waals surface area contributed by atoms with Gasteiger partial charge < -0.3 is 0 Å². The van der Waals surface area contributed by atoms with Crippen molar-refractivity contribution in [2.75, 3.05) is 11.5 Å². The molecule has 0 aromatic carbocycles. The number of nitrogens with zero attached hydrogens (tertiary/aromatic N) is 6. The lowest BCUT2D eigenvalue weighted by Crippen LogP contribution is -2.11. The van der Waals surface area contributed by atoms with Crippen LogP contribution in [0.15, 0.2) is 45.4 Å². The van der Waals surface area contributed by atoms with Crippen molar-refractivity contribution in [2.45, 2.75) is 56.0 Å². The first-order valence-corrected chi connectivity index (χ1v) is 14.0. The summed E-state index contributed by atoms with van der Waals surface area (Å²) in [6.07, 6.45) is -0.290. The van der Waals surface area contributed by atoms with Crippen LogP contribution < -0.4 is 0 Å². The van der Waals surface area contributed by atoms with Crippen LogP contribution in [0.2, 0.25) is 0 Å². The average Bonchev–Trinajstić information content (AvgIpc) is 3.45. The average molecular weight is 582 g/mol. The lowest BCUT2D eigenvalue weighted by atomic mass is 10.1. The fourth-order valence-electron chi connectivity index (χ4n) is 4.07. The van der Waals surface area contributed by atoms with E-state index in [1.54, 1.807) is 6.19 Å². The minimum atomic E-state index is -4.49. The molecule has 4 rings (SSSR count). The van der Waals surface area contributed by atoms with E-state index < -0.39 is 49.4 Å². The fourth-order valence-corrected chi connectivity index (χ4v) is 8.35. The Labute approximate surface area is 220 Å². The van der Waals surface area contributed by atoms with E-state index in [0.717, 1.165) is 42.5 Å². The number of alkyl halides is 6. The maximum absolute atomic E-state index is 12.4. The smallest absolute Gasteiger partial charge is 0.251 e. The minimum absolute atomic E-state index is 0. The molecule has 15 heteroatoms. The van der Waals surface area contributed by atoms with Gasteiger partial charge in [0, 0.05) is 30.6 Å². The molecule has 0 aliphatic carbocycles. The number of nitriles is 2. The summed E-state index contributed by atoms with van der Waals surface area (Å²) in [6, 6.07) is 4.55. The van der Waals surface area contributed by atoms with E-state index in [1.165, 1.54) is 24.5 Å². The monoisotopic (exact) mass is 581 g/mol. The maximum atomic E-state index is 12.4. The molecule has 0 amide bonds.